The molecular weight excluding hydrogens is 457 g/mol. The lowest BCUT2D eigenvalue weighted by atomic mass is 10.0. The summed E-state index contributed by atoms with van der Waals surface area (Å²) >= 11 is 3.40. The van der Waals surface area contributed by atoms with E-state index < -0.39 is 6.36 Å². The van der Waals surface area contributed by atoms with Crippen LogP contribution in [0.1, 0.15) is 0 Å². The van der Waals surface area contributed by atoms with Gasteiger partial charge in [0.2, 0.25) is 0 Å². The molecule has 3 nitrogen and oxygen atoms in total. The Kier molecular flexibility index (Phi) is 5.55. The number of hydrogen-bond donors (Lipinski definition) is 2. The molecule has 0 aliphatic carbocycles. The summed E-state index contributed by atoms with van der Waals surface area (Å²) in [4.78, 5) is 6.23. The first-order valence-corrected chi connectivity index (χ1v) is 9.83. The normalized spacial score (nSPS) is 11.3. The Labute approximate surface area is 178 Å². The topological polar surface area (TPSA) is 40.8 Å². The monoisotopic (exact) mass is 472 g/mol. The molecule has 0 bridgehead atoms. The minimum absolute atomic E-state index is 0.220. The van der Waals surface area contributed by atoms with Crippen molar-refractivity contribution in [2.75, 3.05) is 0 Å². The maximum atomic E-state index is 12.1. The van der Waals surface area contributed by atoms with Gasteiger partial charge in [-0.1, -0.05) is 46.3 Å². The predicted octanol–water partition coefficient (Wildman–Crippen LogP) is 7.66. The van der Waals surface area contributed by atoms with Crippen molar-refractivity contribution in [3.8, 4) is 16.9 Å². The lowest BCUT2D eigenvalue weighted by molar-refractivity contribution is -0.274. The Morgan fingerprint density at radius 1 is 0.667 bits per heavy atom. The first-order valence-electron chi connectivity index (χ1n) is 9.03. The van der Waals surface area contributed by atoms with Crippen molar-refractivity contribution in [2.24, 2.45) is 0 Å². The third kappa shape index (κ3) is 4.86. The highest BCUT2D eigenvalue weighted by Crippen LogP contribution is 2.28. The maximum absolute atomic E-state index is 12.1. The third-order valence-corrected chi connectivity index (χ3v) is 4.99. The number of rotatable bonds is 2. The average Bonchev–Trinajstić information content (AvgIpc) is 3.36. The molecule has 0 fully saturated rings. The van der Waals surface area contributed by atoms with Crippen LogP contribution in [0.15, 0.2) is 89.7 Å². The van der Waals surface area contributed by atoms with Crippen molar-refractivity contribution in [3.05, 3.63) is 89.7 Å². The summed E-state index contributed by atoms with van der Waals surface area (Å²) in [6, 6.07) is 21.9. The highest BCUT2D eigenvalue weighted by atomic mass is 79.9. The SMILES string of the molecule is Brc1ccc2cc[nH]c2c1.FC(F)(F)Oc1ccc(-c2ccc3cc[nH]c3c2)cc1. The highest BCUT2D eigenvalue weighted by molar-refractivity contribution is 9.10. The Balaban J connectivity index is 0.000000181. The van der Waals surface area contributed by atoms with Gasteiger partial charge >= 0.3 is 6.36 Å². The minimum Gasteiger partial charge on any atom is -0.406 e. The quantitative estimate of drug-likeness (QED) is 0.272. The molecule has 0 saturated heterocycles. The number of benzene rings is 3. The Bertz CT molecular complexity index is 1270. The van der Waals surface area contributed by atoms with Crippen LogP contribution in [-0.4, -0.2) is 16.3 Å². The van der Waals surface area contributed by atoms with Crippen LogP contribution < -0.4 is 4.74 Å². The summed E-state index contributed by atoms with van der Waals surface area (Å²) in [6.45, 7) is 0. The van der Waals surface area contributed by atoms with Gasteiger partial charge < -0.3 is 14.7 Å². The molecule has 30 heavy (non-hydrogen) atoms. The summed E-state index contributed by atoms with van der Waals surface area (Å²) in [5, 5.41) is 2.34. The highest BCUT2D eigenvalue weighted by Gasteiger charge is 2.30. The third-order valence-electron chi connectivity index (χ3n) is 4.49. The Hall–Kier alpha value is -3.19. The molecule has 5 rings (SSSR count). The number of halogens is 4. The van der Waals surface area contributed by atoms with E-state index >= 15 is 0 Å². The molecular formula is C23H16BrF3N2O. The first kappa shape index (κ1) is 20.1. The van der Waals surface area contributed by atoms with E-state index in [0.29, 0.717) is 0 Å². The molecule has 0 saturated carbocycles. The molecule has 2 heterocycles. The molecule has 0 aliphatic heterocycles. The molecule has 2 aromatic heterocycles. The van der Waals surface area contributed by atoms with Crippen LogP contribution >= 0.6 is 15.9 Å². The van der Waals surface area contributed by atoms with Gasteiger partial charge in [0.05, 0.1) is 0 Å². The fraction of sp³-hybridized carbons (Fsp3) is 0.0435. The molecule has 0 amide bonds. The molecule has 0 spiro atoms. The minimum atomic E-state index is -4.66. The van der Waals surface area contributed by atoms with Crippen LogP contribution in [0.4, 0.5) is 13.2 Å². The van der Waals surface area contributed by atoms with E-state index in [2.05, 4.69) is 48.8 Å². The van der Waals surface area contributed by atoms with E-state index in [1.165, 1.54) is 23.0 Å². The maximum Gasteiger partial charge on any atom is 0.573 e. The molecule has 0 unspecified atom stereocenters. The number of aromatic amines is 2. The van der Waals surface area contributed by atoms with Crippen molar-refractivity contribution >= 4 is 37.7 Å². The van der Waals surface area contributed by atoms with Gasteiger partial charge in [-0.25, -0.2) is 0 Å². The summed E-state index contributed by atoms with van der Waals surface area (Å²) in [5.74, 6) is -0.220. The number of aromatic nitrogens is 2. The summed E-state index contributed by atoms with van der Waals surface area (Å²) in [5.41, 5.74) is 3.92. The summed E-state index contributed by atoms with van der Waals surface area (Å²) in [7, 11) is 0. The van der Waals surface area contributed by atoms with Gasteiger partial charge in [-0.3, -0.25) is 0 Å². The van der Waals surface area contributed by atoms with Crippen molar-refractivity contribution < 1.29 is 17.9 Å². The van der Waals surface area contributed by atoms with E-state index in [1.54, 1.807) is 12.1 Å². The molecule has 0 radical (unpaired) electrons. The van der Waals surface area contributed by atoms with Crippen molar-refractivity contribution in [3.63, 3.8) is 0 Å². The number of H-pyrrole nitrogens is 2. The van der Waals surface area contributed by atoms with Gasteiger partial charge in [-0.05, 0) is 64.4 Å². The zero-order chi connectivity index (χ0) is 21.1. The van der Waals surface area contributed by atoms with Gasteiger partial charge in [0, 0.05) is 27.9 Å². The molecule has 3 aromatic carbocycles. The van der Waals surface area contributed by atoms with Gasteiger partial charge in [0.15, 0.2) is 0 Å². The van der Waals surface area contributed by atoms with Gasteiger partial charge in [0.1, 0.15) is 5.75 Å². The summed E-state index contributed by atoms with van der Waals surface area (Å²) in [6.07, 6.45) is -0.878. The number of hydrogen-bond acceptors (Lipinski definition) is 1. The number of alkyl halides is 3. The number of ether oxygens (including phenoxy) is 1. The van der Waals surface area contributed by atoms with Crippen molar-refractivity contribution in [1.29, 1.82) is 0 Å². The standard InChI is InChI=1S/C15H10F3NO.C8H6BrN/c16-15(17,18)20-13-5-3-10(4-6-13)12-2-1-11-7-8-19-14(11)9-12;9-7-2-1-6-3-4-10-8(6)5-7/h1-9,19H;1-5,10H. The molecule has 0 atom stereocenters. The molecule has 0 aliphatic rings. The van der Waals surface area contributed by atoms with E-state index in [4.69, 9.17) is 0 Å². The lowest BCUT2D eigenvalue weighted by Gasteiger charge is -2.09. The fourth-order valence-electron chi connectivity index (χ4n) is 3.10. The van der Waals surface area contributed by atoms with Crippen molar-refractivity contribution in [2.45, 2.75) is 6.36 Å². The Morgan fingerprint density at radius 3 is 1.87 bits per heavy atom. The summed E-state index contributed by atoms with van der Waals surface area (Å²) < 4.78 is 41.2. The Morgan fingerprint density at radius 2 is 1.23 bits per heavy atom. The zero-order valence-corrected chi connectivity index (χ0v) is 17.1. The average molecular weight is 473 g/mol. The second-order valence-electron chi connectivity index (χ2n) is 6.56. The van der Waals surface area contributed by atoms with Crippen LogP contribution in [0.3, 0.4) is 0 Å². The van der Waals surface area contributed by atoms with Crippen LogP contribution in [0, 0.1) is 0 Å². The van der Waals surface area contributed by atoms with Crippen molar-refractivity contribution in [1.82, 2.24) is 9.97 Å². The van der Waals surface area contributed by atoms with E-state index in [-0.39, 0.29) is 5.75 Å². The molecule has 7 heteroatoms. The van der Waals surface area contributed by atoms with Crippen LogP contribution in [0.25, 0.3) is 32.9 Å². The largest absolute Gasteiger partial charge is 0.573 e. The van der Waals surface area contributed by atoms with E-state index in [9.17, 15) is 13.2 Å². The second-order valence-corrected chi connectivity index (χ2v) is 7.48. The predicted molar refractivity (Wildman–Crippen MR) is 116 cm³/mol. The zero-order valence-electron chi connectivity index (χ0n) is 15.5. The number of nitrogens with one attached hydrogen (secondary N) is 2. The first-order chi connectivity index (χ1) is 14.4. The van der Waals surface area contributed by atoms with Crippen LogP contribution in [0.2, 0.25) is 0 Å². The van der Waals surface area contributed by atoms with Gasteiger partial charge in [-0.15, -0.1) is 13.2 Å². The molecule has 152 valence electrons. The van der Waals surface area contributed by atoms with E-state index in [1.807, 2.05) is 42.7 Å². The fourth-order valence-corrected chi connectivity index (χ4v) is 3.46. The molecule has 2 N–H and O–H groups in total. The van der Waals surface area contributed by atoms with Crippen LogP contribution in [-0.2, 0) is 0 Å². The van der Waals surface area contributed by atoms with E-state index in [0.717, 1.165) is 26.5 Å². The lowest BCUT2D eigenvalue weighted by Crippen LogP contribution is -2.16. The van der Waals surface area contributed by atoms with Crippen LogP contribution in [0.5, 0.6) is 5.75 Å². The second kappa shape index (κ2) is 8.28. The van der Waals surface area contributed by atoms with Gasteiger partial charge in [0.25, 0.3) is 0 Å². The smallest absolute Gasteiger partial charge is 0.406 e. The van der Waals surface area contributed by atoms with Gasteiger partial charge in [-0.2, -0.15) is 0 Å². The number of fused-ring (bicyclic) bond motifs is 2. The molecule has 5 aromatic rings.